The van der Waals surface area contributed by atoms with Crippen LogP contribution in [0.3, 0.4) is 0 Å². The predicted octanol–water partition coefficient (Wildman–Crippen LogP) is 8.20. The molecule has 0 aliphatic rings. The summed E-state index contributed by atoms with van der Waals surface area (Å²) in [5.74, 6) is 13.2. The fourth-order valence-corrected chi connectivity index (χ4v) is 6.28. The summed E-state index contributed by atoms with van der Waals surface area (Å²) in [4.78, 5) is 4.33. The highest BCUT2D eigenvalue weighted by atomic mass is 127. The van der Waals surface area contributed by atoms with Gasteiger partial charge in [0.15, 0.2) is 0 Å². The molecule has 49 heavy (non-hydrogen) atoms. The largest absolute Gasteiger partial charge is 0.387 e. The van der Waals surface area contributed by atoms with Crippen LogP contribution in [0.15, 0.2) is 127 Å². The predicted molar refractivity (Wildman–Crippen MR) is 209 cm³/mol. The lowest BCUT2D eigenvalue weighted by molar-refractivity contribution is 0.0687. The normalized spacial score (nSPS) is 13.5. The second kappa shape index (κ2) is 17.4. The standard InChI is InChI=1S/C44H43IN2O2/c1-32(43(48)40-11-7-5-8-12-40)46(3)30-36-21-15-34(16-22-36)19-25-38-27-39(29-42(45)28-38)26-20-35-17-23-37(24-18-35)31-47(4)33(2)44(49)41-13-9-6-10-14-41/h5-18,21-24,27-29,32-33,43-44,48-49H,30-31H2,1-4H3/t32-,33-,43-,44-/m0/s1. The van der Waals surface area contributed by atoms with Gasteiger partial charge in [0.05, 0.1) is 12.2 Å². The lowest BCUT2D eigenvalue weighted by atomic mass is 10.0. The van der Waals surface area contributed by atoms with Crippen molar-refractivity contribution in [1.82, 2.24) is 9.80 Å². The van der Waals surface area contributed by atoms with Crippen molar-refractivity contribution in [3.8, 4) is 23.7 Å². The first kappa shape index (κ1) is 36.1. The summed E-state index contributed by atoms with van der Waals surface area (Å²) in [5.41, 5.74) is 7.94. The van der Waals surface area contributed by atoms with Crippen molar-refractivity contribution in [2.45, 2.75) is 51.2 Å². The number of rotatable bonds is 10. The van der Waals surface area contributed by atoms with Crippen molar-refractivity contribution in [2.24, 2.45) is 0 Å². The maximum Gasteiger partial charge on any atom is 0.0942 e. The van der Waals surface area contributed by atoms with Gasteiger partial charge in [-0.25, -0.2) is 0 Å². The molecule has 4 nitrogen and oxygen atoms in total. The Morgan fingerprint density at radius 3 is 1.22 bits per heavy atom. The Morgan fingerprint density at radius 2 is 0.857 bits per heavy atom. The molecule has 4 atom stereocenters. The molecule has 0 unspecified atom stereocenters. The highest BCUT2D eigenvalue weighted by Gasteiger charge is 2.21. The molecule has 2 N–H and O–H groups in total. The molecule has 5 rings (SSSR count). The van der Waals surface area contributed by atoms with E-state index in [-0.39, 0.29) is 12.1 Å². The molecule has 0 amide bonds. The maximum atomic E-state index is 10.8. The third-order valence-electron chi connectivity index (χ3n) is 8.96. The summed E-state index contributed by atoms with van der Waals surface area (Å²) in [5, 5.41) is 21.6. The third-order valence-corrected chi connectivity index (χ3v) is 9.58. The van der Waals surface area contributed by atoms with Gasteiger partial charge in [0.25, 0.3) is 0 Å². The molecule has 0 bridgehead atoms. The van der Waals surface area contributed by atoms with Crippen LogP contribution in [0.1, 0.15) is 70.6 Å². The Bertz CT molecular complexity index is 1780. The van der Waals surface area contributed by atoms with Crippen LogP contribution in [0.4, 0.5) is 0 Å². The minimum atomic E-state index is -0.548. The monoisotopic (exact) mass is 758 g/mol. The van der Waals surface area contributed by atoms with Gasteiger partial charge in [0.1, 0.15) is 0 Å². The SMILES string of the molecule is C[C@@H]([C@H](O)c1ccccc1)N(C)Cc1ccc(C#Cc2cc(I)cc(C#Cc3ccc(CN(C)[C@@H](C)[C@H](O)c4ccccc4)cc3)c2)cc1. The zero-order chi connectivity index (χ0) is 34.8. The minimum Gasteiger partial charge on any atom is -0.387 e. The van der Waals surface area contributed by atoms with Gasteiger partial charge in [0.2, 0.25) is 0 Å². The summed E-state index contributed by atoms with van der Waals surface area (Å²) in [6, 6.07) is 42.4. The average molecular weight is 759 g/mol. The molecule has 0 radical (unpaired) electrons. The van der Waals surface area contributed by atoms with Crippen LogP contribution >= 0.6 is 22.6 Å². The quantitative estimate of drug-likeness (QED) is 0.112. The first-order valence-electron chi connectivity index (χ1n) is 16.6. The lowest BCUT2D eigenvalue weighted by Crippen LogP contribution is -2.33. The Balaban J connectivity index is 1.17. The zero-order valence-corrected chi connectivity index (χ0v) is 30.7. The number of likely N-dealkylation sites (N-methyl/N-ethyl adjacent to an activating group) is 2. The fraction of sp³-hybridized carbons (Fsp3) is 0.227. The summed E-state index contributed by atoms with van der Waals surface area (Å²) in [6.07, 6.45) is -1.10. The highest BCUT2D eigenvalue weighted by molar-refractivity contribution is 14.1. The van der Waals surface area contributed by atoms with E-state index < -0.39 is 12.2 Å². The zero-order valence-electron chi connectivity index (χ0n) is 28.5. The molecular formula is C44H43IN2O2. The van der Waals surface area contributed by atoms with Gasteiger partial charge in [-0.1, -0.05) is 109 Å². The van der Waals surface area contributed by atoms with E-state index in [4.69, 9.17) is 0 Å². The Hall–Kier alpha value is -4.21. The number of nitrogens with zero attached hydrogens (tertiary/aromatic N) is 2. The number of aliphatic hydroxyl groups is 2. The lowest BCUT2D eigenvalue weighted by Gasteiger charge is -2.29. The van der Waals surface area contributed by atoms with Crippen molar-refractivity contribution in [2.75, 3.05) is 14.1 Å². The van der Waals surface area contributed by atoms with E-state index in [1.807, 2.05) is 80.8 Å². The van der Waals surface area contributed by atoms with Crippen LogP contribution < -0.4 is 0 Å². The van der Waals surface area contributed by atoms with Gasteiger partial charge in [-0.3, -0.25) is 9.80 Å². The molecule has 0 saturated carbocycles. The number of hydrogen-bond donors (Lipinski definition) is 2. The molecule has 5 heteroatoms. The molecule has 0 saturated heterocycles. The highest BCUT2D eigenvalue weighted by Crippen LogP contribution is 2.23. The molecule has 0 aromatic heterocycles. The van der Waals surface area contributed by atoms with Crippen molar-refractivity contribution < 1.29 is 10.2 Å². The van der Waals surface area contributed by atoms with Crippen molar-refractivity contribution in [3.63, 3.8) is 0 Å². The topological polar surface area (TPSA) is 46.9 Å². The van der Waals surface area contributed by atoms with Crippen molar-refractivity contribution in [1.29, 1.82) is 0 Å². The number of halogens is 1. The van der Waals surface area contributed by atoms with Crippen LogP contribution in [0.2, 0.25) is 0 Å². The molecule has 0 aliphatic carbocycles. The van der Waals surface area contributed by atoms with E-state index in [0.29, 0.717) is 0 Å². The van der Waals surface area contributed by atoms with Crippen LogP contribution in [0, 0.1) is 27.3 Å². The summed E-state index contributed by atoms with van der Waals surface area (Å²) in [6.45, 7) is 5.57. The number of aliphatic hydroxyl groups excluding tert-OH is 2. The Morgan fingerprint density at radius 1 is 0.510 bits per heavy atom. The van der Waals surface area contributed by atoms with Crippen LogP contribution in [-0.2, 0) is 13.1 Å². The van der Waals surface area contributed by atoms with E-state index >= 15 is 0 Å². The summed E-state index contributed by atoms with van der Waals surface area (Å²) in [7, 11) is 4.08. The van der Waals surface area contributed by atoms with E-state index in [9.17, 15) is 10.2 Å². The Labute approximate surface area is 305 Å². The molecule has 0 aliphatic heterocycles. The van der Waals surface area contributed by atoms with Gasteiger partial charge < -0.3 is 10.2 Å². The molecule has 0 fully saturated rings. The first-order chi connectivity index (χ1) is 23.7. The van der Waals surface area contributed by atoms with Gasteiger partial charge in [-0.15, -0.1) is 0 Å². The number of hydrogen-bond acceptors (Lipinski definition) is 4. The van der Waals surface area contributed by atoms with Crippen LogP contribution in [-0.4, -0.2) is 46.2 Å². The smallest absolute Gasteiger partial charge is 0.0942 e. The molecule has 5 aromatic carbocycles. The maximum absolute atomic E-state index is 10.8. The molecule has 248 valence electrons. The van der Waals surface area contributed by atoms with E-state index in [2.05, 4.69) is 131 Å². The second-order valence-corrected chi connectivity index (χ2v) is 13.9. The van der Waals surface area contributed by atoms with Crippen LogP contribution in [0.5, 0.6) is 0 Å². The van der Waals surface area contributed by atoms with Crippen molar-refractivity contribution in [3.05, 3.63) is 175 Å². The number of benzene rings is 5. The van der Waals surface area contributed by atoms with E-state index in [1.165, 1.54) is 11.1 Å². The third kappa shape index (κ3) is 10.4. The molecule has 5 aromatic rings. The van der Waals surface area contributed by atoms with Gasteiger partial charge in [-0.2, -0.15) is 0 Å². The van der Waals surface area contributed by atoms with Crippen LogP contribution in [0.25, 0.3) is 0 Å². The van der Waals surface area contributed by atoms with E-state index in [0.717, 1.165) is 50.0 Å². The average Bonchev–Trinajstić information content (AvgIpc) is 3.13. The van der Waals surface area contributed by atoms with E-state index in [1.54, 1.807) is 0 Å². The fourth-order valence-electron chi connectivity index (χ4n) is 5.61. The minimum absolute atomic E-state index is 0.0266. The molecular weight excluding hydrogens is 715 g/mol. The van der Waals surface area contributed by atoms with Crippen molar-refractivity contribution >= 4 is 22.6 Å². The van der Waals surface area contributed by atoms with Gasteiger partial charge in [0, 0.05) is 51.0 Å². The first-order valence-corrected chi connectivity index (χ1v) is 17.6. The van der Waals surface area contributed by atoms with Gasteiger partial charge in [-0.05, 0) is 115 Å². The summed E-state index contributed by atoms with van der Waals surface area (Å²) < 4.78 is 1.09. The Kier molecular flexibility index (Phi) is 12.8. The van der Waals surface area contributed by atoms with Gasteiger partial charge >= 0.3 is 0 Å². The second-order valence-electron chi connectivity index (χ2n) is 12.6. The summed E-state index contributed by atoms with van der Waals surface area (Å²) >= 11 is 2.32. The molecule has 0 spiro atoms. The molecule has 0 heterocycles.